The Morgan fingerprint density at radius 3 is 3.08 bits per heavy atom. The molecule has 3 nitrogen and oxygen atoms in total. The lowest BCUT2D eigenvalue weighted by molar-refractivity contribution is 0.289. The Morgan fingerprint density at radius 1 is 1.58 bits per heavy atom. The van der Waals surface area contributed by atoms with Gasteiger partial charge in [0, 0.05) is 12.5 Å². The van der Waals surface area contributed by atoms with Crippen molar-refractivity contribution in [2.45, 2.75) is 25.8 Å². The number of hydrogen-bond donors (Lipinski definition) is 1. The molecular weight excluding hydrogens is 152 g/mol. The van der Waals surface area contributed by atoms with E-state index >= 15 is 0 Å². The van der Waals surface area contributed by atoms with Crippen LogP contribution < -0.4 is 5.32 Å². The lowest BCUT2D eigenvalue weighted by Crippen LogP contribution is -2.34. The minimum absolute atomic E-state index is 0.377. The number of piperidine rings is 1. The molecule has 2 unspecified atom stereocenters. The topological polar surface area (TPSA) is 33.6 Å². The van der Waals surface area contributed by atoms with Gasteiger partial charge in [0.1, 0.15) is 6.61 Å². The van der Waals surface area contributed by atoms with E-state index in [-0.39, 0.29) is 0 Å². The summed E-state index contributed by atoms with van der Waals surface area (Å²) in [4.78, 5) is 4.47. The first-order chi connectivity index (χ1) is 5.86. The Morgan fingerprint density at radius 2 is 2.50 bits per heavy atom. The molecule has 2 atom stereocenters. The van der Waals surface area contributed by atoms with Gasteiger partial charge < -0.3 is 10.1 Å². The second kappa shape index (κ2) is 3.44. The van der Waals surface area contributed by atoms with E-state index in [1.165, 1.54) is 12.8 Å². The average molecular weight is 168 g/mol. The molecule has 0 radical (unpaired) electrons. The lowest BCUT2D eigenvalue weighted by atomic mass is 10.00. The van der Waals surface area contributed by atoms with Crippen LogP contribution in [0, 0.1) is 5.92 Å². The first-order valence-electron chi connectivity index (χ1n) is 4.77. The maximum Gasteiger partial charge on any atom is 0.188 e. The molecule has 1 N–H and O–H groups in total. The third-order valence-electron chi connectivity index (χ3n) is 2.47. The number of rotatable bonds is 1. The van der Waals surface area contributed by atoms with E-state index in [9.17, 15) is 0 Å². The van der Waals surface area contributed by atoms with Crippen LogP contribution in [0.2, 0.25) is 0 Å². The van der Waals surface area contributed by atoms with Crippen LogP contribution in [0.15, 0.2) is 4.99 Å². The van der Waals surface area contributed by atoms with Gasteiger partial charge in [-0.3, -0.25) is 0 Å². The van der Waals surface area contributed by atoms with Crippen molar-refractivity contribution in [3.63, 3.8) is 0 Å². The van der Waals surface area contributed by atoms with Crippen molar-refractivity contribution in [3.8, 4) is 0 Å². The van der Waals surface area contributed by atoms with Crippen molar-refractivity contribution in [1.82, 2.24) is 5.32 Å². The molecule has 12 heavy (non-hydrogen) atoms. The van der Waals surface area contributed by atoms with Gasteiger partial charge in [-0.2, -0.15) is 0 Å². The first kappa shape index (κ1) is 8.05. The number of hydrogen-bond acceptors (Lipinski definition) is 3. The third kappa shape index (κ3) is 1.61. The van der Waals surface area contributed by atoms with Crippen LogP contribution in [0.1, 0.15) is 19.8 Å². The van der Waals surface area contributed by atoms with E-state index in [1.54, 1.807) is 0 Å². The molecule has 2 aliphatic rings. The molecule has 1 fully saturated rings. The van der Waals surface area contributed by atoms with Crippen molar-refractivity contribution in [3.05, 3.63) is 0 Å². The van der Waals surface area contributed by atoms with Gasteiger partial charge in [0.15, 0.2) is 5.90 Å². The second-order valence-corrected chi connectivity index (χ2v) is 3.67. The van der Waals surface area contributed by atoms with Gasteiger partial charge in [-0.1, -0.05) is 0 Å². The Bertz CT molecular complexity index is 185. The highest BCUT2D eigenvalue weighted by molar-refractivity contribution is 5.80. The fourth-order valence-corrected chi connectivity index (χ4v) is 1.78. The molecule has 0 aromatic heterocycles. The molecule has 3 heteroatoms. The van der Waals surface area contributed by atoms with Crippen LogP contribution in [0.3, 0.4) is 0 Å². The van der Waals surface area contributed by atoms with E-state index in [0.29, 0.717) is 12.0 Å². The van der Waals surface area contributed by atoms with Crippen LogP contribution in [0.25, 0.3) is 0 Å². The van der Waals surface area contributed by atoms with Crippen LogP contribution in [0.5, 0.6) is 0 Å². The summed E-state index contributed by atoms with van der Waals surface area (Å²) in [7, 11) is 0. The molecule has 2 heterocycles. The Kier molecular flexibility index (Phi) is 2.30. The number of nitrogens with one attached hydrogen (secondary N) is 1. The van der Waals surface area contributed by atoms with Gasteiger partial charge in [-0.05, 0) is 26.3 Å². The molecule has 0 bridgehead atoms. The number of nitrogens with zero attached hydrogens (tertiary/aromatic N) is 1. The molecule has 0 aliphatic carbocycles. The van der Waals surface area contributed by atoms with Gasteiger partial charge in [-0.25, -0.2) is 4.99 Å². The zero-order valence-corrected chi connectivity index (χ0v) is 7.55. The van der Waals surface area contributed by atoms with E-state index in [4.69, 9.17) is 4.74 Å². The van der Waals surface area contributed by atoms with Crippen molar-refractivity contribution in [2.24, 2.45) is 10.9 Å². The third-order valence-corrected chi connectivity index (χ3v) is 2.47. The molecule has 68 valence electrons. The molecule has 0 spiro atoms. The van der Waals surface area contributed by atoms with Gasteiger partial charge in [-0.15, -0.1) is 0 Å². The minimum atomic E-state index is 0.377. The highest BCUT2D eigenvalue weighted by Crippen LogP contribution is 2.17. The minimum Gasteiger partial charge on any atom is -0.478 e. The number of aliphatic imine (C=N–C) groups is 1. The van der Waals surface area contributed by atoms with Crippen molar-refractivity contribution in [1.29, 1.82) is 0 Å². The van der Waals surface area contributed by atoms with Crippen LogP contribution in [-0.4, -0.2) is 31.6 Å². The Labute approximate surface area is 73.2 Å². The molecule has 2 rings (SSSR count). The second-order valence-electron chi connectivity index (χ2n) is 3.67. The van der Waals surface area contributed by atoms with Gasteiger partial charge in [0.25, 0.3) is 0 Å². The maximum absolute atomic E-state index is 5.51. The average Bonchev–Trinajstić information content (AvgIpc) is 2.54. The van der Waals surface area contributed by atoms with E-state index in [2.05, 4.69) is 17.2 Å². The summed E-state index contributed by atoms with van der Waals surface area (Å²) in [6.07, 6.45) is 2.49. The fraction of sp³-hybridized carbons (Fsp3) is 0.889. The lowest BCUT2D eigenvalue weighted by Gasteiger charge is -2.21. The summed E-state index contributed by atoms with van der Waals surface area (Å²) in [6, 6.07) is 0.377. The summed E-state index contributed by atoms with van der Waals surface area (Å²) < 4.78 is 5.51. The van der Waals surface area contributed by atoms with E-state index < -0.39 is 0 Å². The zero-order valence-electron chi connectivity index (χ0n) is 7.55. The molecule has 0 amide bonds. The van der Waals surface area contributed by atoms with Crippen LogP contribution >= 0.6 is 0 Å². The monoisotopic (exact) mass is 168 g/mol. The van der Waals surface area contributed by atoms with Crippen molar-refractivity contribution < 1.29 is 4.74 Å². The van der Waals surface area contributed by atoms with Gasteiger partial charge in [0.2, 0.25) is 0 Å². The quantitative estimate of drug-likeness (QED) is 0.628. The Hall–Kier alpha value is -0.570. The van der Waals surface area contributed by atoms with Gasteiger partial charge >= 0.3 is 0 Å². The highest BCUT2D eigenvalue weighted by atomic mass is 16.5. The zero-order chi connectivity index (χ0) is 8.39. The van der Waals surface area contributed by atoms with Crippen molar-refractivity contribution >= 4 is 5.90 Å². The molecule has 2 aliphatic heterocycles. The predicted octanol–water partition coefficient (Wildman–Crippen LogP) is 0.803. The van der Waals surface area contributed by atoms with Gasteiger partial charge in [0.05, 0.1) is 6.04 Å². The molecular formula is C9H16N2O. The summed E-state index contributed by atoms with van der Waals surface area (Å²) >= 11 is 0. The predicted molar refractivity (Wildman–Crippen MR) is 48.4 cm³/mol. The highest BCUT2D eigenvalue weighted by Gasteiger charge is 2.24. The molecule has 1 saturated heterocycles. The molecule has 0 aromatic rings. The fourth-order valence-electron chi connectivity index (χ4n) is 1.78. The van der Waals surface area contributed by atoms with Crippen LogP contribution in [-0.2, 0) is 4.74 Å². The summed E-state index contributed by atoms with van der Waals surface area (Å²) in [5, 5.41) is 3.37. The summed E-state index contributed by atoms with van der Waals surface area (Å²) in [6.45, 7) is 5.08. The van der Waals surface area contributed by atoms with Crippen molar-refractivity contribution in [2.75, 3.05) is 19.7 Å². The molecule has 0 aromatic carbocycles. The summed E-state index contributed by atoms with van der Waals surface area (Å²) in [5.74, 6) is 1.54. The molecule has 0 saturated carbocycles. The Balaban J connectivity index is 1.94. The standard InChI is InChI=1S/C9H16N2O/c1-7-6-12-9(11-7)8-3-2-4-10-5-8/h7-8,10H,2-6H2,1H3. The van der Waals surface area contributed by atoms with E-state index in [1.807, 2.05) is 0 Å². The summed E-state index contributed by atoms with van der Waals surface area (Å²) in [5.41, 5.74) is 0. The number of ether oxygens (including phenoxy) is 1. The first-order valence-corrected chi connectivity index (χ1v) is 4.77. The van der Waals surface area contributed by atoms with E-state index in [0.717, 1.165) is 25.6 Å². The normalized spacial score (nSPS) is 35.9. The maximum atomic E-state index is 5.51. The SMILES string of the molecule is CC1COC(C2CCCNC2)=N1. The van der Waals surface area contributed by atoms with Crippen LogP contribution in [0.4, 0.5) is 0 Å². The largest absolute Gasteiger partial charge is 0.478 e. The smallest absolute Gasteiger partial charge is 0.188 e.